The summed E-state index contributed by atoms with van der Waals surface area (Å²) in [5.74, 6) is 0.137. The van der Waals surface area contributed by atoms with Crippen molar-refractivity contribution in [3.63, 3.8) is 0 Å². The number of aliphatic imine (C=N–C) groups is 1. The first kappa shape index (κ1) is 11.9. The Morgan fingerprint density at radius 1 is 1.28 bits per heavy atom. The number of guanidine groups is 1. The van der Waals surface area contributed by atoms with Crippen molar-refractivity contribution in [2.24, 2.45) is 10.7 Å². The van der Waals surface area contributed by atoms with Gasteiger partial charge < -0.3 is 5.73 Å². The van der Waals surface area contributed by atoms with Crippen LogP contribution in [-0.4, -0.2) is 5.96 Å². The van der Waals surface area contributed by atoms with Gasteiger partial charge in [0.15, 0.2) is 6.19 Å². The summed E-state index contributed by atoms with van der Waals surface area (Å²) in [5.41, 5.74) is 6.68. The number of benzene rings is 2. The minimum absolute atomic E-state index is 0.100. The molecule has 0 heterocycles. The van der Waals surface area contributed by atoms with Crippen molar-refractivity contribution < 1.29 is 0 Å². The van der Waals surface area contributed by atoms with Crippen molar-refractivity contribution in [2.45, 2.75) is 13.0 Å². The van der Waals surface area contributed by atoms with Crippen LogP contribution in [0.5, 0.6) is 0 Å². The molecule has 2 rings (SSSR count). The molecular formula is C14H14N4. The Kier molecular flexibility index (Phi) is 3.44. The highest BCUT2D eigenvalue weighted by Crippen LogP contribution is 2.26. The highest BCUT2D eigenvalue weighted by Gasteiger charge is 2.08. The average Bonchev–Trinajstić information content (AvgIpc) is 2.38. The van der Waals surface area contributed by atoms with E-state index in [1.54, 1.807) is 6.19 Å². The van der Waals surface area contributed by atoms with E-state index >= 15 is 0 Å². The van der Waals surface area contributed by atoms with Gasteiger partial charge in [-0.2, -0.15) is 5.26 Å². The Morgan fingerprint density at radius 2 is 2.00 bits per heavy atom. The monoisotopic (exact) mass is 238 g/mol. The fourth-order valence-corrected chi connectivity index (χ4v) is 1.98. The van der Waals surface area contributed by atoms with Crippen LogP contribution in [-0.2, 0) is 0 Å². The molecule has 0 spiro atoms. The Bertz CT molecular complexity index is 620. The molecule has 1 atom stereocenters. The maximum absolute atomic E-state index is 8.47. The first-order valence-corrected chi connectivity index (χ1v) is 5.68. The van der Waals surface area contributed by atoms with Gasteiger partial charge in [-0.15, -0.1) is 0 Å². The Labute approximate surface area is 106 Å². The molecule has 1 unspecified atom stereocenters. The van der Waals surface area contributed by atoms with Crippen molar-refractivity contribution >= 4 is 16.7 Å². The summed E-state index contributed by atoms with van der Waals surface area (Å²) in [5, 5.41) is 13.1. The van der Waals surface area contributed by atoms with E-state index < -0.39 is 0 Å². The molecule has 18 heavy (non-hydrogen) atoms. The van der Waals surface area contributed by atoms with Crippen LogP contribution in [0.25, 0.3) is 10.8 Å². The molecule has 0 saturated carbocycles. The Hall–Kier alpha value is -2.54. The number of rotatable bonds is 2. The second kappa shape index (κ2) is 5.19. The van der Waals surface area contributed by atoms with Gasteiger partial charge in [-0.1, -0.05) is 42.5 Å². The molecule has 90 valence electrons. The highest BCUT2D eigenvalue weighted by atomic mass is 15.1. The van der Waals surface area contributed by atoms with Crippen LogP contribution < -0.4 is 11.1 Å². The van der Waals surface area contributed by atoms with E-state index in [1.807, 2.05) is 31.2 Å². The second-order valence-electron chi connectivity index (χ2n) is 4.00. The molecular weight excluding hydrogens is 224 g/mol. The molecule has 2 aromatic carbocycles. The van der Waals surface area contributed by atoms with E-state index in [4.69, 9.17) is 11.0 Å². The topological polar surface area (TPSA) is 74.2 Å². The maximum Gasteiger partial charge on any atom is 0.202 e. The van der Waals surface area contributed by atoms with Gasteiger partial charge in [0.05, 0.1) is 6.04 Å². The molecule has 0 fully saturated rings. The predicted octanol–water partition coefficient (Wildman–Crippen LogP) is 2.29. The summed E-state index contributed by atoms with van der Waals surface area (Å²) >= 11 is 0. The average molecular weight is 238 g/mol. The number of nitrogens with zero attached hydrogens (tertiary/aromatic N) is 2. The Balaban J connectivity index is 2.42. The zero-order valence-corrected chi connectivity index (χ0v) is 10.1. The van der Waals surface area contributed by atoms with Gasteiger partial charge in [-0.05, 0) is 23.3 Å². The molecule has 0 aliphatic rings. The summed E-state index contributed by atoms with van der Waals surface area (Å²) in [7, 11) is 0. The number of nitrogens with two attached hydrogens (primary N) is 1. The Morgan fingerprint density at radius 3 is 2.78 bits per heavy atom. The largest absolute Gasteiger partial charge is 0.369 e. The number of nitriles is 1. The third-order valence-electron chi connectivity index (χ3n) is 2.79. The second-order valence-corrected chi connectivity index (χ2v) is 4.00. The normalized spacial score (nSPS) is 13.0. The summed E-state index contributed by atoms with van der Waals surface area (Å²) in [6, 6.07) is 14.1. The van der Waals surface area contributed by atoms with Gasteiger partial charge in [0.2, 0.25) is 5.96 Å². The van der Waals surface area contributed by atoms with Crippen molar-refractivity contribution in [2.75, 3.05) is 0 Å². The number of fused-ring (bicyclic) bond motifs is 1. The maximum atomic E-state index is 8.47. The van der Waals surface area contributed by atoms with Crippen LogP contribution in [0.2, 0.25) is 0 Å². The summed E-state index contributed by atoms with van der Waals surface area (Å²) in [6.45, 7) is 1.95. The molecule has 2 aromatic rings. The van der Waals surface area contributed by atoms with Gasteiger partial charge in [0.25, 0.3) is 0 Å². The van der Waals surface area contributed by atoms with E-state index in [9.17, 15) is 0 Å². The van der Waals surface area contributed by atoms with Crippen molar-refractivity contribution in [3.8, 4) is 6.19 Å². The molecule has 4 heteroatoms. The molecule has 0 aromatic heterocycles. The minimum Gasteiger partial charge on any atom is -0.369 e. The highest BCUT2D eigenvalue weighted by molar-refractivity contribution is 5.86. The van der Waals surface area contributed by atoms with Crippen LogP contribution in [0.3, 0.4) is 0 Å². The molecule has 0 bridgehead atoms. The zero-order valence-electron chi connectivity index (χ0n) is 10.1. The van der Waals surface area contributed by atoms with E-state index in [0.717, 1.165) is 10.9 Å². The van der Waals surface area contributed by atoms with Gasteiger partial charge in [0.1, 0.15) is 0 Å². The fraction of sp³-hybridized carbons (Fsp3) is 0.143. The first-order valence-electron chi connectivity index (χ1n) is 5.68. The fourth-order valence-electron chi connectivity index (χ4n) is 1.98. The lowest BCUT2D eigenvalue weighted by Gasteiger charge is -2.11. The third kappa shape index (κ3) is 2.41. The minimum atomic E-state index is -0.100. The molecule has 0 aliphatic carbocycles. The number of hydrogen-bond donors (Lipinski definition) is 2. The van der Waals surface area contributed by atoms with Crippen molar-refractivity contribution in [1.82, 2.24) is 5.32 Å². The van der Waals surface area contributed by atoms with Gasteiger partial charge in [0, 0.05) is 0 Å². The van der Waals surface area contributed by atoms with E-state index in [-0.39, 0.29) is 12.0 Å². The standard InChI is InChI=1S/C14H14N4/c1-10(18-14(16)17-9-15)12-8-4-6-11-5-2-3-7-13(11)12/h2-8,10H,1H3,(H3,16,17,18). The summed E-state index contributed by atoms with van der Waals surface area (Å²) in [6.07, 6.45) is 1.76. The van der Waals surface area contributed by atoms with Crippen LogP contribution in [0, 0.1) is 11.5 Å². The summed E-state index contributed by atoms with van der Waals surface area (Å²) in [4.78, 5) is 4.25. The first-order chi connectivity index (χ1) is 8.72. The smallest absolute Gasteiger partial charge is 0.202 e. The van der Waals surface area contributed by atoms with Crippen LogP contribution in [0.1, 0.15) is 18.5 Å². The molecule has 0 aliphatic heterocycles. The molecule has 0 amide bonds. The third-order valence-corrected chi connectivity index (χ3v) is 2.79. The van der Waals surface area contributed by atoms with E-state index in [2.05, 4.69) is 28.5 Å². The molecule has 4 nitrogen and oxygen atoms in total. The van der Waals surface area contributed by atoms with Gasteiger partial charge in [-0.25, -0.2) is 4.99 Å². The van der Waals surface area contributed by atoms with Crippen LogP contribution >= 0.6 is 0 Å². The van der Waals surface area contributed by atoms with Crippen LogP contribution in [0.4, 0.5) is 0 Å². The van der Waals surface area contributed by atoms with Gasteiger partial charge >= 0.3 is 0 Å². The van der Waals surface area contributed by atoms with E-state index in [1.165, 1.54) is 5.39 Å². The van der Waals surface area contributed by atoms with E-state index in [0.29, 0.717) is 0 Å². The van der Waals surface area contributed by atoms with Crippen LogP contribution in [0.15, 0.2) is 47.5 Å². The SMILES string of the molecule is CC(N=C(N)NC#N)c1cccc2ccccc12. The lowest BCUT2D eigenvalue weighted by atomic mass is 10.0. The zero-order chi connectivity index (χ0) is 13.0. The summed E-state index contributed by atoms with van der Waals surface area (Å²) < 4.78 is 0. The number of hydrogen-bond acceptors (Lipinski definition) is 2. The lowest BCUT2D eigenvalue weighted by Crippen LogP contribution is -2.27. The number of nitrogens with one attached hydrogen (secondary N) is 1. The molecule has 0 radical (unpaired) electrons. The molecule has 3 N–H and O–H groups in total. The lowest BCUT2D eigenvalue weighted by molar-refractivity contribution is 0.819. The molecule has 0 saturated heterocycles. The van der Waals surface area contributed by atoms with Crippen molar-refractivity contribution in [3.05, 3.63) is 48.0 Å². The predicted molar refractivity (Wildman–Crippen MR) is 72.7 cm³/mol. The quantitative estimate of drug-likeness (QED) is 0.365. The van der Waals surface area contributed by atoms with Crippen molar-refractivity contribution in [1.29, 1.82) is 5.26 Å². The van der Waals surface area contributed by atoms with Gasteiger partial charge in [-0.3, -0.25) is 5.32 Å².